The minimum Gasteiger partial charge on any atom is -0.455 e. The van der Waals surface area contributed by atoms with Gasteiger partial charge in [-0.1, -0.05) is 29.4 Å². The van der Waals surface area contributed by atoms with E-state index < -0.39 is 12.1 Å². The molecule has 2 heterocycles. The summed E-state index contributed by atoms with van der Waals surface area (Å²) in [6.07, 6.45) is -0.560. The lowest BCUT2D eigenvalue weighted by molar-refractivity contribution is -0.156. The van der Waals surface area contributed by atoms with Crippen molar-refractivity contribution in [1.82, 2.24) is 4.98 Å². The van der Waals surface area contributed by atoms with E-state index in [1.165, 1.54) is 23.5 Å². The topological polar surface area (TPSA) is 60.8 Å². The minimum atomic E-state index is -0.812. The van der Waals surface area contributed by atoms with Crippen molar-refractivity contribution in [3.63, 3.8) is 0 Å². The molecule has 1 atom stereocenters. The number of thiazole rings is 1. The molecule has 7 heteroatoms. The molecule has 0 radical (unpaired) electrons. The molecule has 5 nitrogen and oxygen atoms in total. The van der Waals surface area contributed by atoms with Crippen LogP contribution in [0.15, 0.2) is 53.7 Å². The number of nitrogens with zero attached hydrogens (tertiary/aromatic N) is 2. The first-order chi connectivity index (χ1) is 12.2. The highest BCUT2D eigenvalue weighted by Crippen LogP contribution is 2.23. The molecule has 0 saturated carbocycles. The number of hydrogen-bond donors (Lipinski definition) is 0. The van der Waals surface area contributed by atoms with Gasteiger partial charge in [-0.3, -0.25) is 0 Å². The van der Waals surface area contributed by atoms with Crippen LogP contribution in [-0.2, 0) is 21.0 Å². The number of halogens is 1. The van der Waals surface area contributed by atoms with Gasteiger partial charge in [0.15, 0.2) is 0 Å². The lowest BCUT2D eigenvalue weighted by Crippen LogP contribution is -2.23. The second-order valence-corrected chi connectivity index (χ2v) is 6.64. The summed E-state index contributed by atoms with van der Waals surface area (Å²) >= 11 is 1.48. The van der Waals surface area contributed by atoms with Crippen molar-refractivity contribution in [2.75, 3.05) is 0 Å². The number of rotatable bonds is 4. The number of carbonyl (C=O) groups excluding carboxylic acids is 1. The van der Waals surface area contributed by atoms with Crippen LogP contribution in [0.2, 0.25) is 0 Å². The number of ether oxygens (including phenoxy) is 1. The Hall–Kier alpha value is -2.80. The summed E-state index contributed by atoms with van der Waals surface area (Å²) < 4.78 is 19.6. The second-order valence-electron chi connectivity index (χ2n) is 5.53. The highest BCUT2D eigenvalue weighted by atomic mass is 32.1. The Labute approximate surface area is 146 Å². The summed E-state index contributed by atoms with van der Waals surface area (Å²) in [7, 11) is 0. The molecule has 0 aliphatic carbocycles. The number of oxime groups is 1. The average molecular weight is 356 g/mol. The number of benzene rings is 2. The molecule has 0 amide bonds. The maximum absolute atomic E-state index is 13.3. The molecular formula is C18H13FN2O3S. The van der Waals surface area contributed by atoms with Crippen LogP contribution in [0.25, 0.3) is 10.2 Å². The third kappa shape index (κ3) is 3.36. The molecule has 0 unspecified atom stereocenters. The smallest absolute Gasteiger partial charge is 0.351 e. The zero-order valence-electron chi connectivity index (χ0n) is 13.0. The molecule has 25 heavy (non-hydrogen) atoms. The Bertz CT molecular complexity index is 937. The first-order valence-corrected chi connectivity index (χ1v) is 8.50. The SMILES string of the molecule is O=C(OCc1nc2ccccc2s1)[C@@H]1CC(c2cccc(F)c2)=NO1. The van der Waals surface area contributed by atoms with Gasteiger partial charge in [0.2, 0.25) is 6.10 Å². The van der Waals surface area contributed by atoms with Crippen LogP contribution in [0.5, 0.6) is 0 Å². The van der Waals surface area contributed by atoms with Crippen LogP contribution in [0.1, 0.15) is 17.0 Å². The highest BCUT2D eigenvalue weighted by Gasteiger charge is 2.30. The number of aromatic nitrogens is 1. The van der Waals surface area contributed by atoms with Gasteiger partial charge in [-0.25, -0.2) is 14.2 Å². The number of para-hydroxylation sites is 1. The van der Waals surface area contributed by atoms with Crippen LogP contribution in [0, 0.1) is 5.82 Å². The van der Waals surface area contributed by atoms with E-state index in [0.29, 0.717) is 11.3 Å². The Morgan fingerprint density at radius 3 is 3.00 bits per heavy atom. The van der Waals surface area contributed by atoms with Crippen molar-refractivity contribution in [3.8, 4) is 0 Å². The molecule has 1 aromatic heterocycles. The molecule has 0 saturated heterocycles. The summed E-state index contributed by atoms with van der Waals surface area (Å²) in [5.74, 6) is -0.864. The fourth-order valence-corrected chi connectivity index (χ4v) is 3.43. The van der Waals surface area contributed by atoms with Crippen molar-refractivity contribution in [1.29, 1.82) is 0 Å². The first-order valence-electron chi connectivity index (χ1n) is 7.69. The molecule has 0 spiro atoms. The lowest BCUT2D eigenvalue weighted by Gasteiger charge is -2.07. The molecule has 0 N–H and O–H groups in total. The number of hydrogen-bond acceptors (Lipinski definition) is 6. The van der Waals surface area contributed by atoms with Crippen molar-refractivity contribution in [2.45, 2.75) is 19.1 Å². The summed E-state index contributed by atoms with van der Waals surface area (Å²) in [5, 5.41) is 4.60. The van der Waals surface area contributed by atoms with Gasteiger partial charge in [-0.15, -0.1) is 11.3 Å². The molecule has 0 fully saturated rings. The molecule has 3 aromatic rings. The van der Waals surface area contributed by atoms with Crippen LogP contribution in [0.3, 0.4) is 0 Å². The quantitative estimate of drug-likeness (QED) is 0.669. The van der Waals surface area contributed by atoms with E-state index in [9.17, 15) is 9.18 Å². The summed E-state index contributed by atoms with van der Waals surface area (Å²) in [4.78, 5) is 21.7. The molecule has 126 valence electrons. The van der Waals surface area contributed by atoms with Gasteiger partial charge >= 0.3 is 5.97 Å². The van der Waals surface area contributed by atoms with Gasteiger partial charge in [0, 0.05) is 12.0 Å². The molecule has 2 aromatic carbocycles. The molecule has 1 aliphatic rings. The Kier molecular flexibility index (Phi) is 4.15. The number of esters is 1. The molecular weight excluding hydrogens is 343 g/mol. The van der Waals surface area contributed by atoms with Crippen molar-refractivity contribution in [2.24, 2.45) is 5.16 Å². The molecule has 4 rings (SSSR count). The zero-order valence-corrected chi connectivity index (χ0v) is 13.8. The van der Waals surface area contributed by atoms with E-state index in [2.05, 4.69) is 10.1 Å². The van der Waals surface area contributed by atoms with Crippen LogP contribution in [-0.4, -0.2) is 22.8 Å². The minimum absolute atomic E-state index is 0.0906. The average Bonchev–Trinajstić information content (AvgIpc) is 3.26. The summed E-state index contributed by atoms with van der Waals surface area (Å²) in [6, 6.07) is 13.8. The first kappa shape index (κ1) is 15.7. The third-order valence-electron chi connectivity index (χ3n) is 3.77. The standard InChI is InChI=1S/C18H13FN2O3S/c19-12-5-3-4-11(8-12)14-9-15(24-21-14)18(22)23-10-17-20-13-6-1-2-7-16(13)25-17/h1-8,15H,9-10H2/t15-/m0/s1. The predicted octanol–water partition coefficient (Wildman–Crippen LogP) is 3.67. The molecule has 1 aliphatic heterocycles. The van der Waals surface area contributed by atoms with Gasteiger partial charge in [-0.05, 0) is 24.3 Å². The van der Waals surface area contributed by atoms with Gasteiger partial charge < -0.3 is 9.57 Å². The largest absolute Gasteiger partial charge is 0.455 e. The fourth-order valence-electron chi connectivity index (χ4n) is 2.55. The summed E-state index contributed by atoms with van der Waals surface area (Å²) in [6.45, 7) is 0.0906. The maximum atomic E-state index is 13.3. The Morgan fingerprint density at radius 1 is 1.28 bits per heavy atom. The van der Waals surface area contributed by atoms with E-state index >= 15 is 0 Å². The van der Waals surface area contributed by atoms with E-state index in [0.717, 1.165) is 15.2 Å². The monoisotopic (exact) mass is 356 g/mol. The summed E-state index contributed by atoms with van der Waals surface area (Å²) in [5.41, 5.74) is 2.01. The Morgan fingerprint density at radius 2 is 2.16 bits per heavy atom. The van der Waals surface area contributed by atoms with Crippen LogP contribution in [0.4, 0.5) is 4.39 Å². The predicted molar refractivity (Wildman–Crippen MR) is 91.8 cm³/mol. The van der Waals surface area contributed by atoms with Crippen LogP contribution < -0.4 is 0 Å². The highest BCUT2D eigenvalue weighted by molar-refractivity contribution is 7.18. The van der Waals surface area contributed by atoms with Gasteiger partial charge in [0.1, 0.15) is 17.4 Å². The van der Waals surface area contributed by atoms with Gasteiger partial charge in [0.05, 0.1) is 15.9 Å². The van der Waals surface area contributed by atoms with Crippen molar-refractivity contribution in [3.05, 3.63) is 64.9 Å². The fraction of sp³-hybridized carbons (Fsp3) is 0.167. The third-order valence-corrected chi connectivity index (χ3v) is 4.78. The maximum Gasteiger partial charge on any atom is 0.351 e. The lowest BCUT2D eigenvalue weighted by atomic mass is 10.1. The Balaban J connectivity index is 1.36. The number of carbonyl (C=O) groups is 1. The number of fused-ring (bicyclic) bond motifs is 1. The van der Waals surface area contributed by atoms with Crippen molar-refractivity contribution < 1.29 is 18.8 Å². The van der Waals surface area contributed by atoms with Crippen LogP contribution >= 0.6 is 11.3 Å². The van der Waals surface area contributed by atoms with Crippen molar-refractivity contribution >= 4 is 33.2 Å². The van der Waals surface area contributed by atoms with E-state index in [-0.39, 0.29) is 18.8 Å². The van der Waals surface area contributed by atoms with E-state index in [1.54, 1.807) is 12.1 Å². The second kappa shape index (κ2) is 6.60. The van der Waals surface area contributed by atoms with E-state index in [4.69, 9.17) is 9.57 Å². The molecule has 0 bridgehead atoms. The van der Waals surface area contributed by atoms with E-state index in [1.807, 2.05) is 24.3 Å². The van der Waals surface area contributed by atoms with Gasteiger partial charge in [-0.2, -0.15) is 0 Å². The normalized spacial score (nSPS) is 16.5. The zero-order chi connectivity index (χ0) is 17.2. The van der Waals surface area contributed by atoms with Gasteiger partial charge in [0.25, 0.3) is 0 Å².